The van der Waals surface area contributed by atoms with E-state index in [0.717, 1.165) is 62.5 Å². The number of aromatic amines is 2. The number of hydrogen-bond acceptors (Lipinski definition) is 8. The van der Waals surface area contributed by atoms with Crippen molar-refractivity contribution in [2.75, 3.05) is 0 Å². The average Bonchev–Trinajstić information content (AvgIpc) is 3.00. The van der Waals surface area contributed by atoms with Crippen molar-refractivity contribution >= 4 is 45.3 Å². The summed E-state index contributed by atoms with van der Waals surface area (Å²) < 4.78 is 27.6. The number of benzene rings is 2. The number of aromatic nitrogens is 4. The number of aliphatic hydroxyl groups excluding tert-OH is 2. The summed E-state index contributed by atoms with van der Waals surface area (Å²) in [5.41, 5.74) is 1.66. The third-order valence-corrected chi connectivity index (χ3v) is 11.1. The van der Waals surface area contributed by atoms with Gasteiger partial charge in [0.1, 0.15) is 34.1 Å². The van der Waals surface area contributed by atoms with Crippen LogP contribution in [0.25, 0.3) is 21.8 Å². The number of fused-ring (bicyclic) bond motifs is 2. The van der Waals surface area contributed by atoms with Crippen molar-refractivity contribution in [2.45, 2.75) is 99.4 Å². The van der Waals surface area contributed by atoms with Gasteiger partial charge in [-0.25, -0.2) is 18.7 Å². The van der Waals surface area contributed by atoms with Crippen LogP contribution in [0.15, 0.2) is 33.9 Å². The highest BCUT2D eigenvalue weighted by atomic mass is 32.2. The molecule has 2 aromatic carbocycles. The number of hydrogen-bond donors (Lipinski definition) is 4. The summed E-state index contributed by atoms with van der Waals surface area (Å²) in [5, 5.41) is 20.1. The Kier molecular flexibility index (Phi) is 10.8. The van der Waals surface area contributed by atoms with E-state index in [1.54, 1.807) is 35.7 Å². The van der Waals surface area contributed by atoms with Gasteiger partial charge in [-0.15, -0.1) is 0 Å². The Hall–Kier alpha value is -2.80. The van der Waals surface area contributed by atoms with E-state index < -0.39 is 22.8 Å². The largest absolute Gasteiger partial charge is 0.393 e. The van der Waals surface area contributed by atoms with E-state index in [-0.39, 0.29) is 23.0 Å². The third-order valence-electron chi connectivity index (χ3n) is 8.32. The molecule has 236 valence electrons. The Labute approximate surface area is 262 Å². The molecule has 0 atom stereocenters. The van der Waals surface area contributed by atoms with Crippen LogP contribution in [0.4, 0.5) is 8.78 Å². The lowest BCUT2D eigenvalue weighted by atomic mass is 9.97. The molecule has 6 rings (SSSR count). The van der Waals surface area contributed by atoms with E-state index in [0.29, 0.717) is 44.7 Å². The Morgan fingerprint density at radius 1 is 0.682 bits per heavy atom. The molecule has 0 saturated heterocycles. The summed E-state index contributed by atoms with van der Waals surface area (Å²) in [4.78, 5) is 38.4. The van der Waals surface area contributed by atoms with Gasteiger partial charge in [0.2, 0.25) is 0 Å². The maximum Gasteiger partial charge on any atom is 0.261 e. The van der Waals surface area contributed by atoms with E-state index in [9.17, 15) is 28.6 Å². The van der Waals surface area contributed by atoms with Gasteiger partial charge in [0, 0.05) is 10.5 Å². The van der Waals surface area contributed by atoms with Crippen LogP contribution in [0.5, 0.6) is 0 Å². The number of rotatable bonds is 6. The minimum Gasteiger partial charge on any atom is -0.393 e. The summed E-state index contributed by atoms with van der Waals surface area (Å²) >= 11 is 3.48. The maximum atomic E-state index is 13.8. The Morgan fingerprint density at radius 2 is 1.05 bits per heavy atom. The van der Waals surface area contributed by atoms with Gasteiger partial charge in [0.05, 0.1) is 34.7 Å². The van der Waals surface area contributed by atoms with Crippen LogP contribution in [0, 0.1) is 25.5 Å². The molecule has 2 aromatic heterocycles. The van der Waals surface area contributed by atoms with Crippen molar-refractivity contribution in [1.29, 1.82) is 0 Å². The SMILES string of the molecule is Cc1ccc(F)c2c(=O)[nH]c(CSC3CCC(O)CC3)nc12.Cc1ccc(F)c2c(=O)[nH]c(CSC3CCC(O)CC3)nc12. The summed E-state index contributed by atoms with van der Waals surface area (Å²) in [7, 11) is 0. The van der Waals surface area contributed by atoms with Crippen LogP contribution < -0.4 is 11.1 Å². The van der Waals surface area contributed by atoms with Gasteiger partial charge in [-0.05, 0) is 88.5 Å². The van der Waals surface area contributed by atoms with Crippen LogP contribution in [0.1, 0.15) is 74.1 Å². The summed E-state index contributed by atoms with van der Waals surface area (Å²) in [5.74, 6) is 1.30. The van der Waals surface area contributed by atoms with E-state index in [1.807, 2.05) is 13.8 Å². The number of nitrogens with zero attached hydrogens (tertiary/aromatic N) is 2. The van der Waals surface area contributed by atoms with Crippen molar-refractivity contribution in [3.8, 4) is 0 Å². The fourth-order valence-electron chi connectivity index (χ4n) is 5.73. The summed E-state index contributed by atoms with van der Waals surface area (Å²) in [6.45, 7) is 3.65. The molecule has 2 saturated carbocycles. The Balaban J connectivity index is 0.000000175. The first-order valence-corrected chi connectivity index (χ1v) is 17.1. The average molecular weight is 645 g/mol. The quantitative estimate of drug-likeness (QED) is 0.207. The van der Waals surface area contributed by atoms with Crippen molar-refractivity contribution in [3.05, 3.63) is 79.4 Å². The summed E-state index contributed by atoms with van der Waals surface area (Å²) in [6.07, 6.45) is 6.95. The molecular formula is C32H38F2N4O4S2. The predicted octanol–water partition coefficient (Wildman–Crippen LogP) is 5.81. The fourth-order valence-corrected chi connectivity index (χ4v) is 8.00. The van der Waals surface area contributed by atoms with E-state index in [4.69, 9.17) is 0 Å². The molecule has 2 aliphatic carbocycles. The van der Waals surface area contributed by atoms with E-state index in [1.165, 1.54) is 12.1 Å². The predicted molar refractivity (Wildman–Crippen MR) is 173 cm³/mol. The second-order valence-electron chi connectivity index (χ2n) is 11.7. The lowest BCUT2D eigenvalue weighted by Crippen LogP contribution is -2.20. The van der Waals surface area contributed by atoms with Gasteiger partial charge >= 0.3 is 0 Å². The normalized spacial score (nSPS) is 22.1. The van der Waals surface area contributed by atoms with Gasteiger partial charge in [-0.3, -0.25) is 9.59 Å². The molecular weight excluding hydrogens is 607 g/mol. The van der Waals surface area contributed by atoms with Crippen molar-refractivity contribution < 1.29 is 19.0 Å². The zero-order valence-electron chi connectivity index (χ0n) is 24.9. The van der Waals surface area contributed by atoms with Gasteiger partial charge < -0.3 is 20.2 Å². The van der Waals surface area contributed by atoms with Crippen LogP contribution >= 0.6 is 23.5 Å². The zero-order valence-corrected chi connectivity index (χ0v) is 26.5. The Bertz CT molecular complexity index is 1600. The van der Waals surface area contributed by atoms with Crippen LogP contribution in [-0.4, -0.2) is 52.9 Å². The first kappa shape index (κ1) is 32.6. The molecule has 8 nitrogen and oxygen atoms in total. The highest BCUT2D eigenvalue weighted by molar-refractivity contribution is 7.99. The van der Waals surface area contributed by atoms with Gasteiger partial charge in [0.15, 0.2) is 0 Å². The van der Waals surface area contributed by atoms with Crippen molar-refractivity contribution in [3.63, 3.8) is 0 Å². The molecule has 0 radical (unpaired) electrons. The van der Waals surface area contributed by atoms with E-state index in [2.05, 4.69) is 19.9 Å². The number of thioether (sulfide) groups is 2. The van der Waals surface area contributed by atoms with Gasteiger partial charge in [0.25, 0.3) is 11.1 Å². The molecule has 12 heteroatoms. The molecule has 0 bridgehead atoms. The highest BCUT2D eigenvalue weighted by Crippen LogP contribution is 2.31. The first-order valence-electron chi connectivity index (χ1n) is 15.0. The van der Waals surface area contributed by atoms with Crippen molar-refractivity contribution in [1.82, 2.24) is 19.9 Å². The molecule has 0 unspecified atom stereocenters. The highest BCUT2D eigenvalue weighted by Gasteiger charge is 2.21. The van der Waals surface area contributed by atoms with Gasteiger partial charge in [-0.2, -0.15) is 23.5 Å². The molecule has 0 aliphatic heterocycles. The van der Waals surface area contributed by atoms with E-state index >= 15 is 0 Å². The third kappa shape index (κ3) is 7.88. The summed E-state index contributed by atoms with van der Waals surface area (Å²) in [6, 6.07) is 5.89. The number of nitrogens with one attached hydrogen (secondary N) is 2. The van der Waals surface area contributed by atoms with Crippen LogP contribution in [0.2, 0.25) is 0 Å². The molecule has 2 aliphatic rings. The molecule has 0 amide bonds. The number of halogens is 2. The lowest BCUT2D eigenvalue weighted by Gasteiger charge is -2.24. The maximum absolute atomic E-state index is 13.8. The molecule has 4 aromatic rings. The second kappa shape index (κ2) is 14.5. The standard InChI is InChI=1S/2C16H19FN2O2S/c2*1-9-2-7-12(17)14-15(9)18-13(19-16(14)21)8-22-11-5-3-10(20)4-6-11/h2*2,7,10-11,20H,3-6,8H2,1H3,(H,18,19,21). The monoisotopic (exact) mass is 644 g/mol. The second-order valence-corrected chi connectivity index (χ2v) is 14.3. The van der Waals surface area contributed by atoms with Crippen LogP contribution in [0.3, 0.4) is 0 Å². The van der Waals surface area contributed by atoms with Gasteiger partial charge in [-0.1, -0.05) is 12.1 Å². The number of H-pyrrole nitrogens is 2. The zero-order chi connectivity index (χ0) is 31.4. The smallest absolute Gasteiger partial charge is 0.261 e. The molecule has 44 heavy (non-hydrogen) atoms. The van der Waals surface area contributed by atoms with Crippen molar-refractivity contribution in [2.24, 2.45) is 0 Å². The topological polar surface area (TPSA) is 132 Å². The fraction of sp³-hybridized carbons (Fsp3) is 0.500. The molecule has 2 fully saturated rings. The number of aryl methyl sites for hydroxylation is 2. The molecule has 4 N–H and O–H groups in total. The molecule has 0 spiro atoms. The minimum atomic E-state index is -0.533. The van der Waals surface area contributed by atoms with Crippen LogP contribution in [-0.2, 0) is 11.5 Å². The Morgan fingerprint density at radius 3 is 1.41 bits per heavy atom. The molecule has 2 heterocycles. The lowest BCUT2D eigenvalue weighted by molar-refractivity contribution is 0.132. The number of aliphatic hydroxyl groups is 2. The first-order chi connectivity index (χ1) is 21.1. The minimum absolute atomic E-state index is 0.0366.